The molecule has 1 aromatic carbocycles. The number of amides is 1. The maximum absolute atomic E-state index is 12.8. The van der Waals surface area contributed by atoms with Gasteiger partial charge in [0.05, 0.1) is 17.4 Å². The van der Waals surface area contributed by atoms with Crippen molar-refractivity contribution in [1.29, 1.82) is 0 Å². The molecule has 4 heterocycles. The number of piperazine rings is 1. The van der Waals surface area contributed by atoms with Crippen molar-refractivity contribution in [3.63, 3.8) is 0 Å². The number of aromatic nitrogens is 4. The first-order valence-electron chi connectivity index (χ1n) is 10.8. The largest absolute Gasteiger partial charge is 0.356 e. The summed E-state index contributed by atoms with van der Waals surface area (Å²) in [5.74, 6) is 2.11. The van der Waals surface area contributed by atoms with Crippen molar-refractivity contribution in [3.05, 3.63) is 43.0 Å². The van der Waals surface area contributed by atoms with E-state index in [0.29, 0.717) is 19.6 Å². The first-order valence-corrected chi connectivity index (χ1v) is 10.8. The van der Waals surface area contributed by atoms with Gasteiger partial charge in [-0.1, -0.05) is 12.1 Å². The van der Waals surface area contributed by atoms with Crippen molar-refractivity contribution in [2.45, 2.75) is 25.8 Å². The molecule has 0 aliphatic carbocycles. The number of imidazole rings is 1. The minimum atomic E-state index is 0.134. The van der Waals surface area contributed by atoms with Crippen LogP contribution in [-0.4, -0.2) is 69.6 Å². The highest BCUT2D eigenvalue weighted by Crippen LogP contribution is 2.22. The van der Waals surface area contributed by atoms with E-state index in [0.717, 1.165) is 48.8 Å². The quantitative estimate of drug-likeness (QED) is 0.663. The zero-order chi connectivity index (χ0) is 20.3. The van der Waals surface area contributed by atoms with E-state index in [-0.39, 0.29) is 5.91 Å². The molecule has 2 saturated heterocycles. The molecule has 30 heavy (non-hydrogen) atoms. The van der Waals surface area contributed by atoms with Crippen LogP contribution in [0.3, 0.4) is 0 Å². The number of benzene rings is 1. The van der Waals surface area contributed by atoms with Gasteiger partial charge in [-0.15, -0.1) is 0 Å². The third-order valence-electron chi connectivity index (χ3n) is 6.11. The second kappa shape index (κ2) is 8.30. The SMILES string of the molecule is O=C(Cn1cnc2ccccc21)N1CCN(c2cc(N3CCCCC3)ncn2)CC1. The lowest BCUT2D eigenvalue weighted by Gasteiger charge is -2.36. The first kappa shape index (κ1) is 18.8. The third kappa shape index (κ3) is 3.81. The molecule has 5 rings (SSSR count). The molecule has 2 aromatic heterocycles. The van der Waals surface area contributed by atoms with Crippen LogP contribution in [0.5, 0.6) is 0 Å². The molecule has 2 aliphatic heterocycles. The van der Waals surface area contributed by atoms with Gasteiger partial charge in [-0.05, 0) is 31.4 Å². The van der Waals surface area contributed by atoms with Crippen LogP contribution >= 0.6 is 0 Å². The Morgan fingerprint density at radius 3 is 2.30 bits per heavy atom. The molecule has 0 atom stereocenters. The van der Waals surface area contributed by atoms with Crippen molar-refractivity contribution in [1.82, 2.24) is 24.4 Å². The van der Waals surface area contributed by atoms with Crippen molar-refractivity contribution in [2.24, 2.45) is 0 Å². The van der Waals surface area contributed by atoms with Gasteiger partial charge in [-0.25, -0.2) is 15.0 Å². The van der Waals surface area contributed by atoms with Gasteiger partial charge in [0.15, 0.2) is 0 Å². The summed E-state index contributed by atoms with van der Waals surface area (Å²) in [7, 11) is 0. The fraction of sp³-hybridized carbons (Fsp3) is 0.455. The van der Waals surface area contributed by atoms with Gasteiger partial charge >= 0.3 is 0 Å². The van der Waals surface area contributed by atoms with E-state index in [1.54, 1.807) is 12.7 Å². The van der Waals surface area contributed by atoms with E-state index in [1.165, 1.54) is 19.3 Å². The van der Waals surface area contributed by atoms with Crippen molar-refractivity contribution < 1.29 is 4.79 Å². The molecular formula is C22H27N7O. The molecule has 0 unspecified atom stereocenters. The molecule has 0 N–H and O–H groups in total. The van der Waals surface area contributed by atoms with Gasteiger partial charge in [-0.3, -0.25) is 4.79 Å². The molecule has 0 radical (unpaired) electrons. The Bertz CT molecular complexity index is 1020. The molecule has 1 amide bonds. The van der Waals surface area contributed by atoms with Crippen LogP contribution in [0.25, 0.3) is 11.0 Å². The van der Waals surface area contributed by atoms with E-state index in [4.69, 9.17) is 0 Å². The fourth-order valence-electron chi connectivity index (χ4n) is 4.37. The Hall–Kier alpha value is -3.16. The fourth-order valence-corrected chi connectivity index (χ4v) is 4.37. The zero-order valence-electron chi connectivity index (χ0n) is 17.2. The maximum atomic E-state index is 12.8. The van der Waals surface area contributed by atoms with Crippen LogP contribution < -0.4 is 9.80 Å². The van der Waals surface area contributed by atoms with E-state index < -0.39 is 0 Å². The predicted octanol–water partition coefficient (Wildman–Crippen LogP) is 2.17. The van der Waals surface area contributed by atoms with Gasteiger partial charge in [0.1, 0.15) is 24.5 Å². The monoisotopic (exact) mass is 405 g/mol. The summed E-state index contributed by atoms with van der Waals surface area (Å²) in [5.41, 5.74) is 1.92. The molecule has 156 valence electrons. The Kier molecular flexibility index (Phi) is 5.21. The van der Waals surface area contributed by atoms with E-state index in [2.05, 4.69) is 30.8 Å². The van der Waals surface area contributed by atoms with Crippen LogP contribution in [-0.2, 0) is 11.3 Å². The Morgan fingerprint density at radius 2 is 1.53 bits per heavy atom. The molecule has 3 aromatic rings. The Labute approximate surface area is 176 Å². The van der Waals surface area contributed by atoms with Crippen LogP contribution in [0.4, 0.5) is 11.6 Å². The van der Waals surface area contributed by atoms with E-state index in [9.17, 15) is 4.79 Å². The number of hydrogen-bond acceptors (Lipinski definition) is 6. The van der Waals surface area contributed by atoms with Crippen LogP contribution in [0, 0.1) is 0 Å². The average molecular weight is 406 g/mol. The highest BCUT2D eigenvalue weighted by Gasteiger charge is 2.23. The minimum absolute atomic E-state index is 0.134. The standard InChI is InChI=1S/C22H27N7O/c30-22(15-29-17-25-18-6-2-3-7-19(18)29)28-12-10-27(11-13-28)21-14-20(23-16-24-21)26-8-4-1-5-9-26/h2-3,6-7,14,16-17H,1,4-5,8-13,15H2. The summed E-state index contributed by atoms with van der Waals surface area (Å²) in [4.78, 5) is 32.7. The van der Waals surface area contributed by atoms with E-state index in [1.807, 2.05) is 33.7 Å². The number of nitrogens with zero attached hydrogens (tertiary/aromatic N) is 7. The second-order valence-electron chi connectivity index (χ2n) is 8.01. The number of rotatable bonds is 4. The summed E-state index contributed by atoms with van der Waals surface area (Å²) in [6, 6.07) is 10.0. The molecular weight excluding hydrogens is 378 g/mol. The smallest absolute Gasteiger partial charge is 0.242 e. The number of piperidine rings is 1. The topological polar surface area (TPSA) is 70.4 Å². The van der Waals surface area contributed by atoms with Crippen molar-refractivity contribution in [3.8, 4) is 0 Å². The van der Waals surface area contributed by atoms with Gasteiger partial charge in [0.2, 0.25) is 5.91 Å². The molecule has 0 bridgehead atoms. The number of hydrogen-bond donors (Lipinski definition) is 0. The lowest BCUT2D eigenvalue weighted by atomic mass is 10.1. The lowest BCUT2D eigenvalue weighted by molar-refractivity contribution is -0.132. The second-order valence-corrected chi connectivity index (χ2v) is 8.01. The highest BCUT2D eigenvalue weighted by atomic mass is 16.2. The molecule has 2 fully saturated rings. The van der Waals surface area contributed by atoms with Crippen molar-refractivity contribution >= 4 is 28.6 Å². The predicted molar refractivity (Wildman–Crippen MR) is 117 cm³/mol. The highest BCUT2D eigenvalue weighted by molar-refractivity contribution is 5.80. The van der Waals surface area contributed by atoms with Gasteiger partial charge in [0.25, 0.3) is 0 Å². The van der Waals surface area contributed by atoms with Gasteiger partial charge < -0.3 is 19.3 Å². The Balaban J connectivity index is 1.20. The minimum Gasteiger partial charge on any atom is -0.356 e. The number of anilines is 2. The molecule has 8 nitrogen and oxygen atoms in total. The molecule has 0 saturated carbocycles. The maximum Gasteiger partial charge on any atom is 0.242 e. The molecule has 8 heteroatoms. The van der Waals surface area contributed by atoms with E-state index >= 15 is 0 Å². The number of para-hydroxylation sites is 2. The number of fused-ring (bicyclic) bond motifs is 1. The van der Waals surface area contributed by atoms with Crippen LogP contribution in [0.1, 0.15) is 19.3 Å². The van der Waals surface area contributed by atoms with Crippen LogP contribution in [0.2, 0.25) is 0 Å². The summed E-state index contributed by atoms with van der Waals surface area (Å²) in [5, 5.41) is 0. The van der Waals surface area contributed by atoms with Crippen molar-refractivity contribution in [2.75, 3.05) is 49.1 Å². The first-order chi connectivity index (χ1) is 14.8. The summed E-state index contributed by atoms with van der Waals surface area (Å²) in [6.45, 7) is 5.44. The summed E-state index contributed by atoms with van der Waals surface area (Å²) >= 11 is 0. The lowest BCUT2D eigenvalue weighted by Crippen LogP contribution is -2.49. The summed E-state index contributed by atoms with van der Waals surface area (Å²) in [6.07, 6.45) is 7.18. The number of carbonyl (C=O) groups is 1. The summed E-state index contributed by atoms with van der Waals surface area (Å²) < 4.78 is 1.93. The van der Waals surface area contributed by atoms with Crippen LogP contribution in [0.15, 0.2) is 43.0 Å². The zero-order valence-corrected chi connectivity index (χ0v) is 17.2. The normalized spacial score (nSPS) is 17.5. The average Bonchev–Trinajstić information content (AvgIpc) is 3.23. The molecule has 0 spiro atoms. The van der Waals surface area contributed by atoms with Gasteiger partial charge in [0, 0.05) is 45.3 Å². The Morgan fingerprint density at radius 1 is 0.833 bits per heavy atom. The van der Waals surface area contributed by atoms with Gasteiger partial charge in [-0.2, -0.15) is 0 Å². The third-order valence-corrected chi connectivity index (χ3v) is 6.11. The molecule has 2 aliphatic rings. The number of carbonyl (C=O) groups excluding carboxylic acids is 1.